The van der Waals surface area contributed by atoms with Crippen LogP contribution in [-0.4, -0.2) is 131 Å². The summed E-state index contributed by atoms with van der Waals surface area (Å²) in [5, 5.41) is 26.5. The number of hydroxylamine groups is 1. The number of fused-ring (bicyclic) bond motifs is 4. The highest BCUT2D eigenvalue weighted by atomic mass is 79.9. The lowest BCUT2D eigenvalue weighted by Gasteiger charge is -2.35. The van der Waals surface area contributed by atoms with Gasteiger partial charge in [-0.2, -0.15) is 5.06 Å². The van der Waals surface area contributed by atoms with E-state index in [1.165, 1.54) is 11.0 Å². The monoisotopic (exact) mass is 1280 g/mol. The number of carbonyl (C=O) groups is 9. The summed E-state index contributed by atoms with van der Waals surface area (Å²) in [4.78, 5) is 146. The van der Waals surface area contributed by atoms with Gasteiger partial charge in [-0.15, -0.1) is 0 Å². The number of primary amides is 1. The van der Waals surface area contributed by atoms with E-state index in [4.69, 9.17) is 24.8 Å². The number of rotatable bonds is 27. The fraction of sp³-hybridized carbons (Fsp3) is 0.476. The van der Waals surface area contributed by atoms with E-state index in [-0.39, 0.29) is 56.4 Å². The van der Waals surface area contributed by atoms with E-state index in [0.29, 0.717) is 28.4 Å². The molecule has 1 aliphatic carbocycles. The van der Waals surface area contributed by atoms with Crippen molar-refractivity contribution < 1.29 is 67.1 Å². The summed E-state index contributed by atoms with van der Waals surface area (Å²) in [6, 6.07) is 18.4. The number of amides is 7. The summed E-state index contributed by atoms with van der Waals surface area (Å²) in [5.74, 6) is -8.67. The Hall–Kier alpha value is -8.45. The van der Waals surface area contributed by atoms with Crippen molar-refractivity contribution in [2.45, 2.75) is 161 Å². The number of anilines is 1. The number of hydrogen-bond donors (Lipinski definition) is 6. The fourth-order valence-corrected chi connectivity index (χ4v) is 11.6. The van der Waals surface area contributed by atoms with E-state index in [9.17, 15) is 53.3 Å². The summed E-state index contributed by atoms with van der Waals surface area (Å²) in [5.41, 5.74) is 9.30. The van der Waals surface area contributed by atoms with Crippen LogP contribution in [0.5, 0.6) is 0 Å². The molecule has 1 fully saturated rings. The first kappa shape index (κ1) is 67.1. The summed E-state index contributed by atoms with van der Waals surface area (Å²) < 4.78 is 17.9. The lowest BCUT2D eigenvalue weighted by atomic mass is 9.96. The molecule has 7 rings (SSSR count). The molecule has 472 valence electrons. The second-order valence-electron chi connectivity index (χ2n) is 23.6. The summed E-state index contributed by atoms with van der Waals surface area (Å²) in [7, 11) is 0. The highest BCUT2D eigenvalue weighted by molar-refractivity contribution is 9.10. The van der Waals surface area contributed by atoms with Crippen LogP contribution >= 0.6 is 15.9 Å². The molecule has 4 aromatic carbocycles. The number of nitrogens with two attached hydrogens (primary N) is 1. The fourth-order valence-electron chi connectivity index (χ4n) is 11.1. The van der Waals surface area contributed by atoms with Crippen molar-refractivity contribution >= 4 is 80.8 Å². The number of nitro benzene ring substituents is 1. The number of nitrogens with zero attached hydrogens (tertiary/aromatic N) is 3. The van der Waals surface area contributed by atoms with Gasteiger partial charge in [-0.3, -0.25) is 43.7 Å². The Bertz CT molecular complexity index is 3200. The highest BCUT2D eigenvalue weighted by Gasteiger charge is 2.42. The van der Waals surface area contributed by atoms with Gasteiger partial charge in [0, 0.05) is 29.4 Å². The topological polar surface area (TPSA) is 326 Å². The molecule has 2 aliphatic heterocycles. The van der Waals surface area contributed by atoms with Crippen molar-refractivity contribution in [1.29, 1.82) is 0 Å². The summed E-state index contributed by atoms with van der Waals surface area (Å²) in [6.07, 6.45) is -2.59. The first-order valence-corrected chi connectivity index (χ1v) is 30.3. The molecular formula is C63H78BrN9O15. The molecule has 4 aromatic rings. The molecule has 7 N–H and O–H groups in total. The number of nitro groups is 1. The quantitative estimate of drug-likeness (QED) is 0.0216. The Morgan fingerprint density at radius 3 is 1.95 bits per heavy atom. The molecule has 0 radical (unpaired) electrons. The van der Waals surface area contributed by atoms with Crippen LogP contribution < -0.4 is 37.4 Å². The SMILES string of the molecule is CC[C@H](C)[C@H](NC(=O)[C@H](CC(=O)ON1CCc2cc(Br)cc([N+](=O)[O-])c21)NC(=O)[C@H](CCC(=O)OCc1ccccc1)NC(=O)OCC1c2ccccc2-c2ccccc21)C(=O)N[C@H](C(=O)N[C@H](C(=O)N1CCC[C@H]1C(N)=O)C(C)C)[C@@H](C)OC(C)(C)C. The van der Waals surface area contributed by atoms with Crippen LogP contribution in [0.4, 0.5) is 16.2 Å². The van der Waals surface area contributed by atoms with Crippen LogP contribution in [0.15, 0.2) is 95.5 Å². The van der Waals surface area contributed by atoms with Gasteiger partial charge in [-0.1, -0.05) is 129 Å². The van der Waals surface area contributed by atoms with Gasteiger partial charge in [0.15, 0.2) is 5.69 Å². The average Bonchev–Trinajstić information content (AvgIpc) is 2.80. The average molecular weight is 1280 g/mol. The van der Waals surface area contributed by atoms with Crippen LogP contribution in [0.1, 0.15) is 122 Å². The lowest BCUT2D eigenvalue weighted by Crippen LogP contribution is -2.63. The number of esters is 1. The van der Waals surface area contributed by atoms with E-state index in [1.54, 1.807) is 91.8 Å². The Morgan fingerprint density at radius 1 is 0.739 bits per heavy atom. The van der Waals surface area contributed by atoms with E-state index >= 15 is 0 Å². The lowest BCUT2D eigenvalue weighted by molar-refractivity contribution is -0.384. The largest absolute Gasteiger partial charge is 0.461 e. The summed E-state index contributed by atoms with van der Waals surface area (Å²) >= 11 is 3.29. The first-order chi connectivity index (χ1) is 41.7. The number of nitrogens with one attached hydrogen (secondary N) is 5. The third-order valence-corrected chi connectivity index (χ3v) is 16.1. The zero-order chi connectivity index (χ0) is 64.1. The number of likely N-dealkylation sites (tertiary alicyclic amines) is 1. The second-order valence-corrected chi connectivity index (χ2v) is 24.5. The minimum absolute atomic E-state index is 0.00941. The second kappa shape index (κ2) is 30.0. The molecule has 88 heavy (non-hydrogen) atoms. The molecule has 7 amide bonds. The van der Waals surface area contributed by atoms with Crippen LogP contribution in [-0.2, 0) is 70.4 Å². The molecule has 1 saturated heterocycles. The van der Waals surface area contributed by atoms with E-state index < -0.39 is 137 Å². The maximum Gasteiger partial charge on any atom is 0.407 e. The molecule has 2 heterocycles. The zero-order valence-electron chi connectivity index (χ0n) is 50.6. The van der Waals surface area contributed by atoms with E-state index in [2.05, 4.69) is 42.5 Å². The number of ether oxygens (including phenoxy) is 3. The Labute approximate surface area is 519 Å². The standard InChI is InChI=1S/C63H78BrN9O15/c1-9-36(4)53(59(79)70-54(37(5)87-63(6,7)8)60(80)68-52(35(2)3)61(81)71-28-17-24-48(71)56(65)76)69-58(78)47(32-51(75)88-72-29-27-39-30-40(64)31-49(55(39)72)73(83)84)66-57(77)46(25-26-50(74)85-33-38-18-11-10-12-19-38)67-62(82)86-34-45-43-22-15-13-20-41(43)42-21-14-16-23-44(42)45/h10-16,18-23,30-31,35-37,45-48,52-54H,9,17,24-29,32-34H2,1-8H3,(H2,65,76)(H,66,77)(H,67,82)(H,68,80)(H,69,78)(H,70,79)/t36-,37+,46-,47-,48-,52-,53-,54-/m0/s1. The first-order valence-electron chi connectivity index (χ1n) is 29.5. The third kappa shape index (κ3) is 17.2. The molecule has 3 aliphatic rings. The van der Waals surface area contributed by atoms with Gasteiger partial charge < -0.3 is 56.3 Å². The van der Waals surface area contributed by atoms with Gasteiger partial charge in [0.25, 0.3) is 5.69 Å². The van der Waals surface area contributed by atoms with Crippen LogP contribution in [0.2, 0.25) is 0 Å². The maximum absolute atomic E-state index is 15.0. The van der Waals surface area contributed by atoms with Crippen molar-refractivity contribution in [2.75, 3.05) is 24.8 Å². The zero-order valence-corrected chi connectivity index (χ0v) is 52.2. The Balaban J connectivity index is 1.17. The minimum atomic E-state index is -1.92. The number of halogens is 1. The third-order valence-electron chi connectivity index (χ3n) is 15.7. The number of carbonyl (C=O) groups excluding carboxylic acids is 9. The van der Waals surface area contributed by atoms with Crippen molar-refractivity contribution in [3.63, 3.8) is 0 Å². The van der Waals surface area contributed by atoms with Gasteiger partial charge in [0.1, 0.15) is 49.5 Å². The molecule has 0 aromatic heterocycles. The van der Waals surface area contributed by atoms with Gasteiger partial charge in [0.05, 0.1) is 29.6 Å². The molecule has 0 unspecified atom stereocenters. The molecule has 0 bridgehead atoms. The molecule has 25 heteroatoms. The van der Waals surface area contributed by atoms with E-state index in [0.717, 1.165) is 27.3 Å². The van der Waals surface area contributed by atoms with Crippen molar-refractivity contribution in [2.24, 2.45) is 17.6 Å². The Morgan fingerprint density at radius 2 is 1.34 bits per heavy atom. The predicted octanol–water partition coefficient (Wildman–Crippen LogP) is 6.32. The van der Waals surface area contributed by atoms with E-state index in [1.807, 2.05) is 48.5 Å². The highest BCUT2D eigenvalue weighted by Crippen LogP contribution is 2.45. The van der Waals surface area contributed by atoms with Crippen LogP contribution in [0.25, 0.3) is 11.1 Å². The number of alkyl carbamates (subject to hydrolysis) is 1. The van der Waals surface area contributed by atoms with Gasteiger partial charge >= 0.3 is 18.0 Å². The van der Waals surface area contributed by atoms with Crippen molar-refractivity contribution in [1.82, 2.24) is 31.5 Å². The van der Waals surface area contributed by atoms with Crippen LogP contribution in [0.3, 0.4) is 0 Å². The summed E-state index contributed by atoms with van der Waals surface area (Å²) in [6.45, 7) is 13.5. The van der Waals surface area contributed by atoms with Gasteiger partial charge in [-0.25, -0.2) is 9.59 Å². The van der Waals surface area contributed by atoms with Crippen LogP contribution in [0, 0.1) is 22.0 Å². The molecular weight excluding hydrogens is 1200 g/mol. The smallest absolute Gasteiger partial charge is 0.407 e. The van der Waals surface area contributed by atoms with Gasteiger partial charge in [0.2, 0.25) is 35.4 Å². The number of benzene rings is 4. The van der Waals surface area contributed by atoms with Gasteiger partial charge in [-0.05, 0) is 105 Å². The Kier molecular flexibility index (Phi) is 22.8. The molecule has 0 saturated carbocycles. The molecule has 0 spiro atoms. The molecule has 8 atom stereocenters. The number of hydrogen-bond acceptors (Lipinski definition) is 16. The molecule has 24 nitrogen and oxygen atoms in total. The van der Waals surface area contributed by atoms with Crippen molar-refractivity contribution in [3.8, 4) is 11.1 Å². The van der Waals surface area contributed by atoms with Crippen molar-refractivity contribution in [3.05, 3.63) is 128 Å². The maximum atomic E-state index is 15.0. The normalized spacial score (nSPS) is 16.7. The minimum Gasteiger partial charge on any atom is -0.461 e. The predicted molar refractivity (Wildman–Crippen MR) is 326 cm³/mol.